The third-order valence-corrected chi connectivity index (χ3v) is 6.91. The predicted molar refractivity (Wildman–Crippen MR) is 146 cm³/mol. The van der Waals surface area contributed by atoms with Gasteiger partial charge in [0.05, 0.1) is 5.69 Å². The van der Waals surface area contributed by atoms with Crippen molar-refractivity contribution in [2.24, 2.45) is 0 Å². The summed E-state index contributed by atoms with van der Waals surface area (Å²) in [5.41, 5.74) is 10.8. The van der Waals surface area contributed by atoms with Gasteiger partial charge in [0, 0.05) is 34.7 Å². The van der Waals surface area contributed by atoms with E-state index in [0.717, 1.165) is 17.1 Å². The summed E-state index contributed by atoms with van der Waals surface area (Å²) >= 11 is 0. The average molecular weight is 447 g/mol. The van der Waals surface area contributed by atoms with E-state index in [1.54, 1.807) is 0 Å². The molecule has 1 aliphatic carbocycles. The maximum atomic E-state index is 4.48. The molecule has 0 radical (unpaired) electrons. The van der Waals surface area contributed by atoms with Gasteiger partial charge in [-0.15, -0.1) is 0 Å². The van der Waals surface area contributed by atoms with E-state index in [4.69, 9.17) is 0 Å². The topological polar surface area (TPSA) is 16.1 Å². The minimum absolute atomic E-state index is 1.14. The minimum Gasteiger partial charge on any atom is -0.310 e. The first-order valence-electron chi connectivity index (χ1n) is 11.9. The molecule has 0 aliphatic heterocycles. The molecule has 2 heteroatoms. The summed E-state index contributed by atoms with van der Waals surface area (Å²) in [4.78, 5) is 6.84. The summed E-state index contributed by atoms with van der Waals surface area (Å²) in [6.07, 6.45) is 3.90. The molecule has 2 nitrogen and oxygen atoms in total. The molecule has 6 aromatic rings. The molecule has 5 aromatic carbocycles. The summed E-state index contributed by atoms with van der Waals surface area (Å²) < 4.78 is 0. The summed E-state index contributed by atoms with van der Waals surface area (Å²) in [6, 6.07) is 43.3. The number of nitrogens with zero attached hydrogens (tertiary/aromatic N) is 2. The van der Waals surface area contributed by atoms with Crippen LogP contribution < -0.4 is 4.90 Å². The van der Waals surface area contributed by atoms with E-state index in [1.165, 1.54) is 44.2 Å². The number of rotatable bonds is 3. The van der Waals surface area contributed by atoms with Crippen LogP contribution in [0.4, 0.5) is 17.1 Å². The molecule has 0 saturated carbocycles. The number of para-hydroxylation sites is 2. The number of hydrogen-bond acceptors (Lipinski definition) is 2. The van der Waals surface area contributed by atoms with Crippen molar-refractivity contribution < 1.29 is 0 Å². The molecule has 1 aliphatic rings. The normalized spacial score (nSPS) is 11.4. The fourth-order valence-corrected chi connectivity index (χ4v) is 5.41. The van der Waals surface area contributed by atoms with Crippen molar-refractivity contribution in [3.05, 3.63) is 134 Å². The second-order valence-corrected chi connectivity index (χ2v) is 8.83. The molecular formula is C33H22N2. The average Bonchev–Trinajstić information content (AvgIpc) is 3.06. The van der Waals surface area contributed by atoms with Crippen LogP contribution in [0.15, 0.2) is 134 Å². The number of anilines is 3. The predicted octanol–water partition coefficient (Wildman–Crippen LogP) is 9.02. The zero-order valence-corrected chi connectivity index (χ0v) is 19.1. The lowest BCUT2D eigenvalue weighted by atomic mass is 9.92. The number of fused-ring (bicyclic) bond motifs is 5. The Kier molecular flexibility index (Phi) is 4.49. The van der Waals surface area contributed by atoms with Gasteiger partial charge < -0.3 is 4.90 Å². The summed E-state index contributed by atoms with van der Waals surface area (Å²) in [7, 11) is 0. The van der Waals surface area contributed by atoms with Crippen molar-refractivity contribution in [3.8, 4) is 33.4 Å². The first-order valence-corrected chi connectivity index (χ1v) is 11.9. The van der Waals surface area contributed by atoms with E-state index in [-0.39, 0.29) is 0 Å². The van der Waals surface area contributed by atoms with Gasteiger partial charge in [-0.05, 0) is 69.6 Å². The Labute approximate surface area is 204 Å². The van der Waals surface area contributed by atoms with Crippen molar-refractivity contribution >= 4 is 27.8 Å². The molecule has 0 fully saturated rings. The maximum Gasteiger partial charge on any atom is 0.0540 e. The van der Waals surface area contributed by atoms with Gasteiger partial charge in [-0.3, -0.25) is 4.98 Å². The monoisotopic (exact) mass is 446 g/mol. The van der Waals surface area contributed by atoms with E-state index in [9.17, 15) is 0 Å². The van der Waals surface area contributed by atoms with Crippen LogP contribution in [0.5, 0.6) is 0 Å². The van der Waals surface area contributed by atoms with E-state index in [1.807, 2.05) is 12.4 Å². The molecular weight excluding hydrogens is 424 g/mol. The molecule has 1 aromatic heterocycles. The third kappa shape index (κ3) is 3.08. The molecule has 35 heavy (non-hydrogen) atoms. The van der Waals surface area contributed by atoms with Crippen LogP contribution >= 0.6 is 0 Å². The quantitative estimate of drug-likeness (QED) is 0.269. The van der Waals surface area contributed by atoms with Gasteiger partial charge in [-0.1, -0.05) is 84.9 Å². The largest absolute Gasteiger partial charge is 0.310 e. The zero-order valence-electron chi connectivity index (χ0n) is 19.1. The van der Waals surface area contributed by atoms with Crippen LogP contribution in [0.1, 0.15) is 0 Å². The van der Waals surface area contributed by atoms with E-state index in [0.29, 0.717) is 0 Å². The van der Waals surface area contributed by atoms with Crippen molar-refractivity contribution in [1.29, 1.82) is 0 Å². The molecule has 164 valence electrons. The van der Waals surface area contributed by atoms with Crippen LogP contribution in [0.25, 0.3) is 44.2 Å². The van der Waals surface area contributed by atoms with E-state index in [2.05, 4.69) is 131 Å². The van der Waals surface area contributed by atoms with Crippen molar-refractivity contribution in [3.63, 3.8) is 0 Å². The molecule has 0 unspecified atom stereocenters. The highest BCUT2D eigenvalue weighted by molar-refractivity contribution is 6.17. The van der Waals surface area contributed by atoms with Gasteiger partial charge in [0.15, 0.2) is 0 Å². The molecule has 0 bridgehead atoms. The van der Waals surface area contributed by atoms with Crippen LogP contribution in [-0.4, -0.2) is 4.98 Å². The fraction of sp³-hybridized carbons (Fsp3) is 0. The van der Waals surface area contributed by atoms with Gasteiger partial charge >= 0.3 is 0 Å². The lowest BCUT2D eigenvalue weighted by Gasteiger charge is -2.27. The second-order valence-electron chi connectivity index (χ2n) is 8.83. The number of aromatic nitrogens is 1. The van der Waals surface area contributed by atoms with Crippen LogP contribution in [0.2, 0.25) is 0 Å². The van der Waals surface area contributed by atoms with Gasteiger partial charge in [-0.25, -0.2) is 0 Å². The molecule has 0 saturated heterocycles. The van der Waals surface area contributed by atoms with Gasteiger partial charge in [0.2, 0.25) is 0 Å². The van der Waals surface area contributed by atoms with Gasteiger partial charge in [0.1, 0.15) is 0 Å². The lowest BCUT2D eigenvalue weighted by Crippen LogP contribution is -2.10. The first-order chi connectivity index (χ1) is 17.4. The van der Waals surface area contributed by atoms with Crippen LogP contribution in [0, 0.1) is 0 Å². The number of pyridine rings is 1. The fourth-order valence-electron chi connectivity index (χ4n) is 5.41. The first kappa shape index (κ1) is 19.7. The van der Waals surface area contributed by atoms with Gasteiger partial charge in [0.25, 0.3) is 0 Å². The Balaban J connectivity index is 1.60. The molecule has 0 spiro atoms. The highest BCUT2D eigenvalue weighted by atomic mass is 15.1. The summed E-state index contributed by atoms with van der Waals surface area (Å²) in [5.74, 6) is 0. The Bertz CT molecular complexity index is 1600. The third-order valence-electron chi connectivity index (χ3n) is 6.91. The Hall–Kier alpha value is -4.69. The highest BCUT2D eigenvalue weighted by Crippen LogP contribution is 2.50. The number of benzene rings is 5. The smallest absolute Gasteiger partial charge is 0.0540 e. The standard InChI is InChI=1S/C33H22N2/c1-3-10-23(11-4-1)35(24-12-5-2-6-13-24)32-19-18-29-27-20-21-34-22-31(27)26-15-8-7-14-25(26)28-16-9-17-30(32)33(28)29/h1-22H. The Morgan fingerprint density at radius 2 is 1.00 bits per heavy atom. The van der Waals surface area contributed by atoms with Crippen LogP contribution in [0.3, 0.4) is 0 Å². The molecule has 0 atom stereocenters. The molecule has 0 amide bonds. The van der Waals surface area contributed by atoms with Crippen molar-refractivity contribution in [2.75, 3.05) is 4.90 Å². The SMILES string of the molecule is c1ccc(N(c2ccccc2)c2ccc3c4c(cccc24)-c2ccccc2-c2cnccc2-3)cc1. The molecule has 0 N–H and O–H groups in total. The maximum absolute atomic E-state index is 4.48. The Morgan fingerprint density at radius 1 is 0.429 bits per heavy atom. The van der Waals surface area contributed by atoms with Gasteiger partial charge in [-0.2, -0.15) is 0 Å². The minimum atomic E-state index is 1.14. The lowest BCUT2D eigenvalue weighted by molar-refractivity contribution is 1.30. The zero-order chi connectivity index (χ0) is 23.2. The van der Waals surface area contributed by atoms with Crippen LogP contribution in [-0.2, 0) is 0 Å². The number of hydrogen-bond donors (Lipinski definition) is 0. The van der Waals surface area contributed by atoms with E-state index < -0.39 is 0 Å². The molecule has 1 heterocycles. The Morgan fingerprint density at radius 3 is 1.71 bits per heavy atom. The van der Waals surface area contributed by atoms with Crippen molar-refractivity contribution in [2.45, 2.75) is 0 Å². The highest BCUT2D eigenvalue weighted by Gasteiger charge is 2.24. The second kappa shape index (κ2) is 7.96. The van der Waals surface area contributed by atoms with Crippen molar-refractivity contribution in [1.82, 2.24) is 4.98 Å². The summed E-state index contributed by atoms with van der Waals surface area (Å²) in [5, 5.41) is 2.51. The van der Waals surface area contributed by atoms with E-state index >= 15 is 0 Å². The molecule has 7 rings (SSSR count). The summed E-state index contributed by atoms with van der Waals surface area (Å²) in [6.45, 7) is 0.